The molecule has 0 bridgehead atoms. The van der Waals surface area contributed by atoms with Gasteiger partial charge in [0.1, 0.15) is 0 Å². The van der Waals surface area contributed by atoms with Crippen LogP contribution in [0.1, 0.15) is 11.3 Å². The van der Waals surface area contributed by atoms with Crippen molar-refractivity contribution < 1.29 is 0 Å². The van der Waals surface area contributed by atoms with Crippen molar-refractivity contribution in [3.8, 4) is 0 Å². The third kappa shape index (κ3) is 3.40. The van der Waals surface area contributed by atoms with Crippen LogP contribution in [-0.2, 0) is 13.1 Å². The van der Waals surface area contributed by atoms with Gasteiger partial charge < -0.3 is 5.32 Å². The number of hydrogen-bond acceptors (Lipinski definition) is 3. The van der Waals surface area contributed by atoms with Gasteiger partial charge in [-0.05, 0) is 17.7 Å². The fraction of sp³-hybridized carbons (Fsp3) is 0.167. The van der Waals surface area contributed by atoms with Gasteiger partial charge in [-0.3, -0.25) is 9.97 Å². The standard InChI is InChI=1S/C12H12BrN3/c13-11-3-1-2-10(6-11)7-15-9-12-8-14-4-5-16-12/h1-6,8,15H,7,9H2. The van der Waals surface area contributed by atoms with Gasteiger partial charge in [-0.1, -0.05) is 28.1 Å². The van der Waals surface area contributed by atoms with Gasteiger partial charge in [0.05, 0.1) is 5.69 Å². The van der Waals surface area contributed by atoms with Crippen LogP contribution in [0.15, 0.2) is 47.3 Å². The lowest BCUT2D eigenvalue weighted by atomic mass is 10.2. The molecule has 2 aromatic rings. The SMILES string of the molecule is Brc1cccc(CNCc2cnccn2)c1. The smallest absolute Gasteiger partial charge is 0.0724 e. The lowest BCUT2D eigenvalue weighted by Crippen LogP contribution is -2.13. The van der Waals surface area contributed by atoms with E-state index >= 15 is 0 Å². The topological polar surface area (TPSA) is 37.8 Å². The van der Waals surface area contributed by atoms with Gasteiger partial charge in [-0.2, -0.15) is 0 Å². The first kappa shape index (κ1) is 11.2. The van der Waals surface area contributed by atoms with E-state index in [1.165, 1.54) is 5.56 Å². The van der Waals surface area contributed by atoms with E-state index in [9.17, 15) is 0 Å². The Morgan fingerprint density at radius 1 is 1.19 bits per heavy atom. The number of nitrogens with zero attached hydrogens (tertiary/aromatic N) is 2. The highest BCUT2D eigenvalue weighted by atomic mass is 79.9. The molecule has 0 aliphatic heterocycles. The van der Waals surface area contributed by atoms with Crippen molar-refractivity contribution >= 4 is 15.9 Å². The summed E-state index contributed by atoms with van der Waals surface area (Å²) in [6, 6.07) is 8.24. The number of hydrogen-bond donors (Lipinski definition) is 1. The van der Waals surface area contributed by atoms with E-state index in [4.69, 9.17) is 0 Å². The maximum atomic E-state index is 4.19. The monoisotopic (exact) mass is 277 g/mol. The Hall–Kier alpha value is -1.26. The Morgan fingerprint density at radius 3 is 2.88 bits per heavy atom. The summed E-state index contributed by atoms with van der Waals surface area (Å²) in [5.41, 5.74) is 2.20. The highest BCUT2D eigenvalue weighted by Crippen LogP contribution is 2.11. The summed E-state index contributed by atoms with van der Waals surface area (Å²) >= 11 is 3.45. The normalized spacial score (nSPS) is 10.3. The van der Waals surface area contributed by atoms with Crippen LogP contribution in [0.5, 0.6) is 0 Å². The summed E-state index contributed by atoms with van der Waals surface area (Å²) in [5.74, 6) is 0. The first-order valence-corrected chi connectivity index (χ1v) is 5.84. The molecule has 0 atom stereocenters. The van der Waals surface area contributed by atoms with Crippen molar-refractivity contribution in [2.24, 2.45) is 0 Å². The van der Waals surface area contributed by atoms with Gasteiger partial charge in [0.2, 0.25) is 0 Å². The molecule has 0 amide bonds. The van der Waals surface area contributed by atoms with Crippen LogP contribution < -0.4 is 5.32 Å². The number of halogens is 1. The number of benzene rings is 1. The molecule has 0 saturated carbocycles. The molecule has 1 N–H and O–H groups in total. The van der Waals surface area contributed by atoms with E-state index in [1.54, 1.807) is 18.6 Å². The second-order valence-corrected chi connectivity index (χ2v) is 4.35. The largest absolute Gasteiger partial charge is 0.307 e. The molecule has 0 unspecified atom stereocenters. The van der Waals surface area contributed by atoms with Crippen molar-refractivity contribution in [3.05, 3.63) is 58.6 Å². The van der Waals surface area contributed by atoms with Crippen LogP contribution in [-0.4, -0.2) is 9.97 Å². The average molecular weight is 278 g/mol. The summed E-state index contributed by atoms with van der Waals surface area (Å²) in [6.07, 6.45) is 5.15. The minimum Gasteiger partial charge on any atom is -0.307 e. The van der Waals surface area contributed by atoms with Crippen molar-refractivity contribution in [2.75, 3.05) is 0 Å². The highest BCUT2D eigenvalue weighted by molar-refractivity contribution is 9.10. The molecule has 0 fully saturated rings. The van der Waals surface area contributed by atoms with Crippen LogP contribution in [0.25, 0.3) is 0 Å². The van der Waals surface area contributed by atoms with Gasteiger partial charge in [-0.25, -0.2) is 0 Å². The summed E-state index contributed by atoms with van der Waals surface area (Å²) in [5, 5.41) is 3.32. The number of nitrogens with one attached hydrogen (secondary N) is 1. The van der Waals surface area contributed by atoms with E-state index < -0.39 is 0 Å². The predicted molar refractivity (Wildman–Crippen MR) is 66.7 cm³/mol. The van der Waals surface area contributed by atoms with E-state index in [-0.39, 0.29) is 0 Å². The molecule has 4 heteroatoms. The molecule has 0 spiro atoms. The van der Waals surface area contributed by atoms with Crippen molar-refractivity contribution in [1.82, 2.24) is 15.3 Å². The molecule has 1 heterocycles. The van der Waals surface area contributed by atoms with Crippen molar-refractivity contribution in [1.29, 1.82) is 0 Å². The summed E-state index contributed by atoms with van der Waals surface area (Å²) in [4.78, 5) is 8.21. The Labute approximate surface area is 103 Å². The van der Waals surface area contributed by atoms with Gasteiger partial charge in [0, 0.05) is 36.2 Å². The van der Waals surface area contributed by atoms with Gasteiger partial charge in [0.25, 0.3) is 0 Å². The summed E-state index contributed by atoms with van der Waals surface area (Å²) in [6.45, 7) is 1.57. The Balaban J connectivity index is 1.85. The molecule has 0 saturated heterocycles. The molecular weight excluding hydrogens is 266 g/mol. The lowest BCUT2D eigenvalue weighted by molar-refractivity contribution is 0.676. The maximum Gasteiger partial charge on any atom is 0.0724 e. The van der Waals surface area contributed by atoms with Crippen LogP contribution in [0, 0.1) is 0 Å². The summed E-state index contributed by atoms with van der Waals surface area (Å²) < 4.78 is 1.10. The molecule has 0 radical (unpaired) electrons. The fourth-order valence-corrected chi connectivity index (χ4v) is 1.85. The highest BCUT2D eigenvalue weighted by Gasteiger charge is 1.95. The predicted octanol–water partition coefficient (Wildman–Crippen LogP) is 2.53. The first-order chi connectivity index (χ1) is 7.84. The molecular formula is C12H12BrN3. The quantitative estimate of drug-likeness (QED) is 0.933. The lowest BCUT2D eigenvalue weighted by Gasteiger charge is -2.04. The number of aromatic nitrogens is 2. The molecule has 0 aliphatic rings. The third-order valence-electron chi connectivity index (χ3n) is 2.14. The number of rotatable bonds is 4. The zero-order chi connectivity index (χ0) is 11.2. The van der Waals surface area contributed by atoms with E-state index in [0.717, 1.165) is 23.3 Å². The molecule has 3 nitrogen and oxygen atoms in total. The first-order valence-electron chi connectivity index (χ1n) is 5.04. The van der Waals surface area contributed by atoms with Gasteiger partial charge >= 0.3 is 0 Å². The molecule has 2 rings (SSSR count). The zero-order valence-electron chi connectivity index (χ0n) is 8.73. The van der Waals surface area contributed by atoms with Gasteiger partial charge in [-0.15, -0.1) is 0 Å². The zero-order valence-corrected chi connectivity index (χ0v) is 10.3. The summed E-state index contributed by atoms with van der Waals surface area (Å²) in [7, 11) is 0. The van der Waals surface area contributed by atoms with Crippen molar-refractivity contribution in [3.63, 3.8) is 0 Å². The van der Waals surface area contributed by atoms with Crippen LogP contribution in [0.2, 0.25) is 0 Å². The fourth-order valence-electron chi connectivity index (χ4n) is 1.40. The molecule has 0 aliphatic carbocycles. The molecule has 1 aromatic carbocycles. The second-order valence-electron chi connectivity index (χ2n) is 3.43. The van der Waals surface area contributed by atoms with E-state index in [0.29, 0.717) is 0 Å². The van der Waals surface area contributed by atoms with E-state index in [2.05, 4.69) is 43.3 Å². The Bertz CT molecular complexity index is 445. The second kappa shape index (κ2) is 5.72. The minimum absolute atomic E-state index is 0.736. The van der Waals surface area contributed by atoms with E-state index in [1.807, 2.05) is 12.1 Å². The van der Waals surface area contributed by atoms with Crippen LogP contribution >= 0.6 is 15.9 Å². The molecule has 16 heavy (non-hydrogen) atoms. The third-order valence-corrected chi connectivity index (χ3v) is 2.63. The Kier molecular flexibility index (Phi) is 4.02. The molecule has 82 valence electrons. The maximum absolute atomic E-state index is 4.19. The van der Waals surface area contributed by atoms with Crippen molar-refractivity contribution in [2.45, 2.75) is 13.1 Å². The van der Waals surface area contributed by atoms with Crippen LogP contribution in [0.3, 0.4) is 0 Å². The average Bonchev–Trinajstić information content (AvgIpc) is 2.30. The Morgan fingerprint density at radius 2 is 2.12 bits per heavy atom. The minimum atomic E-state index is 0.736. The van der Waals surface area contributed by atoms with Crippen LogP contribution in [0.4, 0.5) is 0 Å². The van der Waals surface area contributed by atoms with Gasteiger partial charge in [0.15, 0.2) is 0 Å². The molecule has 1 aromatic heterocycles.